The van der Waals surface area contributed by atoms with Gasteiger partial charge in [-0.3, -0.25) is 4.79 Å². The third-order valence-electron chi connectivity index (χ3n) is 13.4. The van der Waals surface area contributed by atoms with Crippen molar-refractivity contribution in [3.05, 3.63) is 41.5 Å². The minimum Gasteiger partial charge on any atom is -0.462 e. The van der Waals surface area contributed by atoms with Gasteiger partial charge in [-0.2, -0.15) is 0 Å². The van der Waals surface area contributed by atoms with Crippen molar-refractivity contribution < 1.29 is 9.53 Å². The van der Waals surface area contributed by atoms with Gasteiger partial charge < -0.3 is 9.64 Å². The second-order valence-corrected chi connectivity index (χ2v) is 17.3. The van der Waals surface area contributed by atoms with Crippen molar-refractivity contribution in [1.82, 2.24) is 0 Å². The van der Waals surface area contributed by atoms with Crippen molar-refractivity contribution in [3.63, 3.8) is 0 Å². The van der Waals surface area contributed by atoms with E-state index in [4.69, 9.17) is 27.9 Å². The summed E-state index contributed by atoms with van der Waals surface area (Å²) in [6.07, 6.45) is 19.2. The number of carbonyl (C=O) groups excluding carboxylic acids is 1. The Morgan fingerprint density at radius 3 is 2.37 bits per heavy atom. The van der Waals surface area contributed by atoms with Gasteiger partial charge in [-0.1, -0.05) is 77.7 Å². The first-order valence-electron chi connectivity index (χ1n) is 18.9. The highest BCUT2D eigenvalue weighted by molar-refractivity contribution is 6.18. The number of esters is 1. The Balaban J connectivity index is 1.10. The van der Waals surface area contributed by atoms with Crippen LogP contribution in [0.15, 0.2) is 35.9 Å². The van der Waals surface area contributed by atoms with Gasteiger partial charge in [-0.15, -0.1) is 23.2 Å². The first kappa shape index (κ1) is 36.1. The van der Waals surface area contributed by atoms with Crippen LogP contribution in [0.2, 0.25) is 0 Å². The SMILES string of the molecule is CC(C)CCC[C@@H](C)[C@H]1CCC2C3CC=C4CC(OC(=O)CCCc5ccc(N(CCCl)CCCl)cc5)CC[C@]4(C)C3CC[C@@]21C. The number of hydrogen-bond acceptors (Lipinski definition) is 3. The summed E-state index contributed by atoms with van der Waals surface area (Å²) in [6.45, 7) is 14.2. The molecule has 0 bridgehead atoms. The van der Waals surface area contributed by atoms with E-state index in [1.807, 2.05) is 0 Å². The first-order chi connectivity index (χ1) is 22.1. The largest absolute Gasteiger partial charge is 0.462 e. The van der Waals surface area contributed by atoms with Crippen molar-refractivity contribution >= 4 is 34.9 Å². The Labute approximate surface area is 291 Å². The summed E-state index contributed by atoms with van der Waals surface area (Å²) in [7, 11) is 0. The van der Waals surface area contributed by atoms with Crippen LogP contribution in [0.4, 0.5) is 5.69 Å². The van der Waals surface area contributed by atoms with Crippen LogP contribution in [0.5, 0.6) is 0 Å². The summed E-state index contributed by atoms with van der Waals surface area (Å²) in [5.41, 5.74) is 4.83. The quantitative estimate of drug-likeness (QED) is 0.106. The van der Waals surface area contributed by atoms with E-state index in [-0.39, 0.29) is 12.1 Å². The van der Waals surface area contributed by atoms with E-state index < -0.39 is 0 Å². The topological polar surface area (TPSA) is 29.5 Å². The average Bonchev–Trinajstić information content (AvgIpc) is 3.38. The fourth-order valence-electron chi connectivity index (χ4n) is 10.9. The number of ether oxygens (including phenoxy) is 1. The van der Waals surface area contributed by atoms with Gasteiger partial charge in [0.2, 0.25) is 0 Å². The molecule has 0 N–H and O–H groups in total. The van der Waals surface area contributed by atoms with Gasteiger partial charge in [-0.05, 0) is 122 Å². The Bertz CT molecular complexity index is 1160. The number of carbonyl (C=O) groups is 1. The lowest BCUT2D eigenvalue weighted by Crippen LogP contribution is -2.51. The van der Waals surface area contributed by atoms with Crippen molar-refractivity contribution in [2.45, 2.75) is 131 Å². The number of nitrogens with zero attached hydrogens (tertiary/aromatic N) is 1. The van der Waals surface area contributed by atoms with E-state index in [0.29, 0.717) is 29.0 Å². The number of fused-ring (bicyclic) bond motifs is 5. The van der Waals surface area contributed by atoms with E-state index >= 15 is 0 Å². The molecule has 5 heteroatoms. The summed E-state index contributed by atoms with van der Waals surface area (Å²) in [4.78, 5) is 15.1. The lowest BCUT2D eigenvalue weighted by atomic mass is 9.47. The minimum absolute atomic E-state index is 0.0251. The Kier molecular flexibility index (Phi) is 12.6. The molecule has 46 heavy (non-hydrogen) atoms. The third kappa shape index (κ3) is 7.98. The van der Waals surface area contributed by atoms with Gasteiger partial charge in [0, 0.05) is 43.4 Å². The van der Waals surface area contributed by atoms with Crippen molar-refractivity contribution in [2.75, 3.05) is 29.7 Å². The number of halogens is 2. The van der Waals surface area contributed by atoms with Crippen LogP contribution >= 0.6 is 23.2 Å². The highest BCUT2D eigenvalue weighted by Crippen LogP contribution is 2.67. The zero-order valence-electron chi connectivity index (χ0n) is 29.7. The highest BCUT2D eigenvalue weighted by atomic mass is 35.5. The lowest BCUT2D eigenvalue weighted by Gasteiger charge is -2.58. The lowest BCUT2D eigenvalue weighted by molar-refractivity contribution is -0.151. The first-order valence-corrected chi connectivity index (χ1v) is 20.0. The fourth-order valence-corrected chi connectivity index (χ4v) is 11.3. The molecule has 0 saturated heterocycles. The van der Waals surface area contributed by atoms with Crippen molar-refractivity contribution in [2.24, 2.45) is 46.3 Å². The number of anilines is 1. The molecule has 1 aromatic rings. The molecule has 1 aromatic carbocycles. The molecule has 0 heterocycles. The van der Waals surface area contributed by atoms with Crippen molar-refractivity contribution in [1.29, 1.82) is 0 Å². The van der Waals surface area contributed by atoms with Gasteiger partial charge in [-0.25, -0.2) is 0 Å². The fraction of sp³-hybridized carbons (Fsp3) is 0.780. The van der Waals surface area contributed by atoms with Crippen LogP contribution in [-0.2, 0) is 16.0 Å². The summed E-state index contributed by atoms with van der Waals surface area (Å²) >= 11 is 11.9. The smallest absolute Gasteiger partial charge is 0.306 e. The van der Waals surface area contributed by atoms with E-state index in [1.54, 1.807) is 5.57 Å². The van der Waals surface area contributed by atoms with Crippen LogP contribution in [0.3, 0.4) is 0 Å². The number of allylic oxidation sites excluding steroid dienone is 1. The Morgan fingerprint density at radius 2 is 1.67 bits per heavy atom. The molecule has 0 aliphatic heterocycles. The third-order valence-corrected chi connectivity index (χ3v) is 13.8. The molecule has 0 aromatic heterocycles. The van der Waals surface area contributed by atoms with Gasteiger partial charge in [0.05, 0.1) is 0 Å². The molecule has 3 fully saturated rings. The van der Waals surface area contributed by atoms with Gasteiger partial charge in [0.15, 0.2) is 0 Å². The van der Waals surface area contributed by atoms with Crippen LogP contribution < -0.4 is 4.90 Å². The molecule has 258 valence electrons. The molecule has 4 aliphatic carbocycles. The average molecular weight is 673 g/mol. The molecule has 5 rings (SSSR count). The number of benzene rings is 1. The summed E-state index contributed by atoms with van der Waals surface area (Å²) in [5, 5.41) is 0. The number of alkyl halides is 2. The molecule has 4 unspecified atom stereocenters. The van der Waals surface area contributed by atoms with E-state index in [0.717, 1.165) is 80.0 Å². The number of aryl methyl sites for hydroxylation is 1. The minimum atomic E-state index is -0.0251. The Morgan fingerprint density at radius 1 is 0.935 bits per heavy atom. The zero-order chi connectivity index (χ0) is 32.9. The van der Waals surface area contributed by atoms with Gasteiger partial charge >= 0.3 is 5.97 Å². The zero-order valence-corrected chi connectivity index (χ0v) is 31.2. The molecule has 3 nitrogen and oxygen atoms in total. The predicted molar refractivity (Wildman–Crippen MR) is 196 cm³/mol. The maximum absolute atomic E-state index is 12.9. The van der Waals surface area contributed by atoms with Crippen LogP contribution in [0, 0.1) is 46.3 Å². The number of hydrogen-bond donors (Lipinski definition) is 0. The maximum Gasteiger partial charge on any atom is 0.306 e. The highest BCUT2D eigenvalue weighted by Gasteiger charge is 2.59. The maximum atomic E-state index is 12.9. The van der Waals surface area contributed by atoms with E-state index in [1.165, 1.54) is 63.4 Å². The molecule has 0 amide bonds. The molecule has 8 atom stereocenters. The van der Waals surface area contributed by atoms with E-state index in [2.05, 4.69) is 69.9 Å². The second-order valence-electron chi connectivity index (χ2n) is 16.5. The second kappa shape index (κ2) is 16.0. The normalized spacial score (nSPS) is 32.7. The summed E-state index contributed by atoms with van der Waals surface area (Å²) in [5.74, 6) is 6.27. The molecular weight excluding hydrogens is 609 g/mol. The van der Waals surface area contributed by atoms with Gasteiger partial charge in [0.25, 0.3) is 0 Å². The standard InChI is InChI=1S/C41H63Cl2NO2/c1-29(2)8-6-9-30(3)36-18-19-37-35-17-14-32-28-34(20-22-40(32,4)38(35)21-23-41(36,37)5)46-39(45)11-7-10-31-12-15-33(16-13-31)44(26-24-42)27-25-43/h12-16,29-30,34-38H,6-11,17-28H2,1-5H3/t30-,34?,35?,36-,37?,38?,40+,41-/m1/s1. The summed E-state index contributed by atoms with van der Waals surface area (Å²) < 4.78 is 6.12. The van der Waals surface area contributed by atoms with E-state index in [9.17, 15) is 4.79 Å². The summed E-state index contributed by atoms with van der Waals surface area (Å²) in [6, 6.07) is 8.60. The number of rotatable bonds is 15. The molecule has 4 aliphatic rings. The molecule has 0 spiro atoms. The van der Waals surface area contributed by atoms with Gasteiger partial charge in [0.1, 0.15) is 6.10 Å². The Hall–Kier alpha value is -1.19. The predicted octanol–water partition coefficient (Wildman–Crippen LogP) is 11.2. The molecule has 3 saturated carbocycles. The molecule has 0 radical (unpaired) electrons. The van der Waals surface area contributed by atoms with Crippen LogP contribution in [-0.4, -0.2) is 36.9 Å². The van der Waals surface area contributed by atoms with Crippen LogP contribution in [0.25, 0.3) is 0 Å². The molecular formula is C41H63Cl2NO2. The van der Waals surface area contributed by atoms with Crippen molar-refractivity contribution in [3.8, 4) is 0 Å². The monoisotopic (exact) mass is 671 g/mol. The van der Waals surface area contributed by atoms with Crippen LogP contribution in [0.1, 0.15) is 124 Å².